The summed E-state index contributed by atoms with van der Waals surface area (Å²) >= 11 is 0. The minimum Gasteiger partial charge on any atom is -0.340 e. The Morgan fingerprint density at radius 2 is 2.04 bits per heavy atom. The van der Waals surface area contributed by atoms with E-state index in [0.29, 0.717) is 31.2 Å². The van der Waals surface area contributed by atoms with Gasteiger partial charge in [-0.3, -0.25) is 9.59 Å². The van der Waals surface area contributed by atoms with Gasteiger partial charge in [-0.05, 0) is 19.3 Å². The normalized spacial score (nSPS) is 20.6. The molecular weight excluding hydrogens is 332 g/mol. The molecule has 0 saturated carbocycles. The smallest absolute Gasteiger partial charge is 0.242 e. The van der Waals surface area contributed by atoms with Gasteiger partial charge in [0.15, 0.2) is 0 Å². The van der Waals surface area contributed by atoms with Crippen LogP contribution < -0.4 is 0 Å². The highest BCUT2D eigenvalue weighted by atomic mass is 16.5. The van der Waals surface area contributed by atoms with E-state index in [2.05, 4.69) is 10.1 Å². The van der Waals surface area contributed by atoms with Crippen molar-refractivity contribution in [1.82, 2.24) is 19.9 Å². The number of aromatic nitrogens is 2. The van der Waals surface area contributed by atoms with E-state index in [-0.39, 0.29) is 24.3 Å². The molecule has 1 aromatic carbocycles. The summed E-state index contributed by atoms with van der Waals surface area (Å²) in [5.41, 5.74) is 0.916. The number of carbonyl (C=O) groups is 2. The highest BCUT2D eigenvalue weighted by molar-refractivity contribution is 5.86. The van der Waals surface area contributed by atoms with E-state index < -0.39 is 0 Å². The zero-order valence-electron chi connectivity index (χ0n) is 14.6. The van der Waals surface area contributed by atoms with Gasteiger partial charge in [0, 0.05) is 31.6 Å². The van der Waals surface area contributed by atoms with Crippen molar-refractivity contribution in [2.24, 2.45) is 0 Å². The van der Waals surface area contributed by atoms with Crippen LogP contribution in [0.3, 0.4) is 0 Å². The van der Waals surface area contributed by atoms with E-state index in [1.165, 1.54) is 0 Å². The number of nitrogens with zero attached hydrogens (tertiary/aromatic N) is 4. The first kappa shape index (κ1) is 16.8. The van der Waals surface area contributed by atoms with Crippen molar-refractivity contribution in [3.05, 3.63) is 36.2 Å². The minimum atomic E-state index is 0.00717. The molecule has 2 fully saturated rings. The lowest BCUT2D eigenvalue weighted by Gasteiger charge is -2.32. The second-order valence-corrected chi connectivity index (χ2v) is 6.92. The average molecular weight is 354 g/mol. The fourth-order valence-corrected chi connectivity index (χ4v) is 3.65. The number of benzene rings is 1. The molecular formula is C19H22N4O3. The molecule has 2 aromatic rings. The third kappa shape index (κ3) is 3.47. The molecule has 0 N–H and O–H groups in total. The molecule has 2 aliphatic rings. The second-order valence-electron chi connectivity index (χ2n) is 6.92. The Morgan fingerprint density at radius 1 is 1.19 bits per heavy atom. The van der Waals surface area contributed by atoms with Crippen molar-refractivity contribution in [3.63, 3.8) is 0 Å². The number of likely N-dealkylation sites (tertiary alicyclic amines) is 2. The third-order valence-electron chi connectivity index (χ3n) is 5.09. The predicted octanol–water partition coefficient (Wildman–Crippen LogP) is 2.07. The molecule has 0 radical (unpaired) electrons. The first-order chi connectivity index (χ1) is 12.7. The summed E-state index contributed by atoms with van der Waals surface area (Å²) in [7, 11) is 0. The van der Waals surface area contributed by atoms with Crippen LogP contribution in [0.1, 0.15) is 37.5 Å². The lowest BCUT2D eigenvalue weighted by atomic mass is 9.98. The Morgan fingerprint density at radius 3 is 2.81 bits per heavy atom. The van der Waals surface area contributed by atoms with E-state index in [1.807, 2.05) is 35.2 Å². The Hall–Kier alpha value is -2.70. The van der Waals surface area contributed by atoms with Gasteiger partial charge in [0.05, 0.1) is 12.5 Å². The van der Waals surface area contributed by atoms with Crippen LogP contribution in [-0.2, 0) is 9.59 Å². The zero-order valence-corrected chi connectivity index (χ0v) is 14.6. The van der Waals surface area contributed by atoms with Crippen molar-refractivity contribution >= 4 is 11.8 Å². The Balaban J connectivity index is 1.41. The number of hydrogen-bond donors (Lipinski definition) is 0. The highest BCUT2D eigenvalue weighted by Gasteiger charge is 2.31. The Kier molecular flexibility index (Phi) is 4.69. The molecule has 0 spiro atoms. The number of rotatable bonds is 4. The van der Waals surface area contributed by atoms with Crippen LogP contribution in [0.4, 0.5) is 0 Å². The van der Waals surface area contributed by atoms with Gasteiger partial charge in [0.1, 0.15) is 0 Å². The lowest BCUT2D eigenvalue weighted by Crippen LogP contribution is -2.45. The predicted molar refractivity (Wildman–Crippen MR) is 94.1 cm³/mol. The molecule has 1 atom stereocenters. The Bertz CT molecular complexity index is 789. The standard InChI is InChI=1S/C19H22N4O3/c24-16-9-5-11-23(16)13-17(25)22-10-4-8-15(12-22)19-20-18(21-26-19)14-6-2-1-3-7-14/h1-3,6-7,15H,4-5,8-13H2/t15-/m1/s1. The van der Waals surface area contributed by atoms with Crippen LogP contribution in [0.2, 0.25) is 0 Å². The molecule has 26 heavy (non-hydrogen) atoms. The molecule has 1 aromatic heterocycles. The molecule has 2 amide bonds. The van der Waals surface area contributed by atoms with Gasteiger partial charge in [0.2, 0.25) is 23.5 Å². The van der Waals surface area contributed by atoms with Crippen molar-refractivity contribution < 1.29 is 14.1 Å². The molecule has 0 aliphatic carbocycles. The van der Waals surface area contributed by atoms with Gasteiger partial charge in [-0.2, -0.15) is 4.98 Å². The van der Waals surface area contributed by atoms with E-state index in [4.69, 9.17) is 4.52 Å². The summed E-state index contributed by atoms with van der Waals surface area (Å²) in [6.45, 7) is 2.16. The van der Waals surface area contributed by atoms with Gasteiger partial charge < -0.3 is 14.3 Å². The summed E-state index contributed by atoms with van der Waals surface area (Å²) < 4.78 is 5.47. The maximum absolute atomic E-state index is 12.6. The number of hydrogen-bond acceptors (Lipinski definition) is 5. The Labute approximate surface area is 152 Å². The van der Waals surface area contributed by atoms with Gasteiger partial charge in [-0.15, -0.1) is 0 Å². The summed E-state index contributed by atoms with van der Waals surface area (Å²) in [4.78, 5) is 32.3. The number of piperidine rings is 1. The van der Waals surface area contributed by atoms with E-state index >= 15 is 0 Å². The van der Waals surface area contributed by atoms with Gasteiger partial charge in [-0.1, -0.05) is 35.5 Å². The molecule has 7 heteroatoms. The third-order valence-corrected chi connectivity index (χ3v) is 5.09. The molecule has 2 aliphatic heterocycles. The lowest BCUT2D eigenvalue weighted by molar-refractivity contribution is -0.139. The van der Waals surface area contributed by atoms with E-state index in [9.17, 15) is 9.59 Å². The van der Waals surface area contributed by atoms with Crippen LogP contribution in [-0.4, -0.2) is 57.9 Å². The first-order valence-electron chi connectivity index (χ1n) is 9.15. The molecule has 136 valence electrons. The van der Waals surface area contributed by atoms with Crippen LogP contribution in [0.5, 0.6) is 0 Å². The van der Waals surface area contributed by atoms with Gasteiger partial charge in [-0.25, -0.2) is 0 Å². The highest BCUT2D eigenvalue weighted by Crippen LogP contribution is 2.27. The van der Waals surface area contributed by atoms with Crippen molar-refractivity contribution in [3.8, 4) is 11.4 Å². The molecule has 0 unspecified atom stereocenters. The monoisotopic (exact) mass is 354 g/mol. The summed E-state index contributed by atoms with van der Waals surface area (Å²) in [5, 5.41) is 4.08. The van der Waals surface area contributed by atoms with Crippen LogP contribution in [0.15, 0.2) is 34.9 Å². The zero-order chi connectivity index (χ0) is 17.9. The molecule has 4 rings (SSSR count). The SMILES string of the molecule is O=C1CCCN1CC(=O)N1CCC[C@@H](c2nc(-c3ccccc3)no2)C1. The van der Waals surface area contributed by atoms with Crippen LogP contribution in [0, 0.1) is 0 Å². The van der Waals surface area contributed by atoms with Crippen molar-refractivity contribution in [2.75, 3.05) is 26.2 Å². The summed E-state index contributed by atoms with van der Waals surface area (Å²) in [6.07, 6.45) is 3.22. The van der Waals surface area contributed by atoms with Gasteiger partial charge >= 0.3 is 0 Å². The van der Waals surface area contributed by atoms with Crippen LogP contribution in [0.25, 0.3) is 11.4 Å². The minimum absolute atomic E-state index is 0.00717. The number of amides is 2. The fraction of sp³-hybridized carbons (Fsp3) is 0.474. The second kappa shape index (κ2) is 7.27. The summed E-state index contributed by atoms with van der Waals surface area (Å²) in [5.74, 6) is 1.29. The summed E-state index contributed by atoms with van der Waals surface area (Å²) in [6, 6.07) is 9.70. The fourth-order valence-electron chi connectivity index (χ4n) is 3.65. The van der Waals surface area contributed by atoms with Crippen molar-refractivity contribution in [2.45, 2.75) is 31.6 Å². The number of carbonyl (C=O) groups excluding carboxylic acids is 2. The first-order valence-corrected chi connectivity index (χ1v) is 9.15. The molecule has 7 nitrogen and oxygen atoms in total. The van der Waals surface area contributed by atoms with Crippen LogP contribution >= 0.6 is 0 Å². The van der Waals surface area contributed by atoms with E-state index in [0.717, 1.165) is 31.4 Å². The molecule has 0 bridgehead atoms. The molecule has 3 heterocycles. The average Bonchev–Trinajstić information content (AvgIpc) is 3.32. The van der Waals surface area contributed by atoms with E-state index in [1.54, 1.807) is 4.90 Å². The molecule has 2 saturated heterocycles. The largest absolute Gasteiger partial charge is 0.340 e. The van der Waals surface area contributed by atoms with Crippen molar-refractivity contribution in [1.29, 1.82) is 0 Å². The quantitative estimate of drug-likeness (QED) is 0.840. The maximum Gasteiger partial charge on any atom is 0.242 e. The topological polar surface area (TPSA) is 79.5 Å². The van der Waals surface area contributed by atoms with Gasteiger partial charge in [0.25, 0.3) is 0 Å². The maximum atomic E-state index is 12.6.